The first-order valence-corrected chi connectivity index (χ1v) is 5.52. The van der Waals surface area contributed by atoms with E-state index < -0.39 is 6.23 Å². The summed E-state index contributed by atoms with van der Waals surface area (Å²) in [7, 11) is 3.55. The molecular weight excluding hydrogens is 192 g/mol. The molecule has 0 rings (SSSR count). The van der Waals surface area contributed by atoms with Crippen molar-refractivity contribution < 1.29 is 9.90 Å². The van der Waals surface area contributed by atoms with Crippen molar-refractivity contribution in [3.63, 3.8) is 0 Å². The lowest BCUT2D eigenvalue weighted by Gasteiger charge is -2.28. The molecule has 0 aliphatic heterocycles. The minimum atomic E-state index is -0.709. The Balaban J connectivity index is 4.49. The van der Waals surface area contributed by atoms with Crippen molar-refractivity contribution in [2.45, 2.75) is 33.4 Å². The van der Waals surface area contributed by atoms with Crippen molar-refractivity contribution >= 4 is 5.91 Å². The highest BCUT2D eigenvalue weighted by molar-refractivity contribution is 5.79. The Morgan fingerprint density at radius 3 is 2.27 bits per heavy atom. The number of carbonyl (C=O) groups is 1. The number of hydrogen-bond donors (Lipinski definition) is 2. The summed E-state index contributed by atoms with van der Waals surface area (Å²) < 4.78 is 0. The monoisotopic (exact) mass is 216 g/mol. The predicted octanol–water partition coefficient (Wildman–Crippen LogP) is 0.665. The molecule has 1 amide bonds. The zero-order valence-corrected chi connectivity index (χ0v) is 10.4. The van der Waals surface area contributed by atoms with Gasteiger partial charge in [0.15, 0.2) is 0 Å². The summed E-state index contributed by atoms with van der Waals surface area (Å²) in [6, 6.07) is 0. The fraction of sp³-hybridized carbons (Fsp3) is 0.909. The van der Waals surface area contributed by atoms with Crippen LogP contribution in [0.2, 0.25) is 0 Å². The highest BCUT2D eigenvalue weighted by Gasteiger charge is 2.28. The van der Waals surface area contributed by atoms with Crippen LogP contribution < -0.4 is 5.32 Å². The summed E-state index contributed by atoms with van der Waals surface area (Å²) in [6.07, 6.45) is -0.00972. The maximum atomic E-state index is 11.7. The molecule has 0 saturated carbocycles. The molecule has 0 aliphatic carbocycles. The quantitative estimate of drug-likeness (QED) is 0.641. The summed E-state index contributed by atoms with van der Waals surface area (Å²) in [5, 5.41) is 12.7. The van der Waals surface area contributed by atoms with E-state index in [1.165, 1.54) is 0 Å². The van der Waals surface area contributed by atoms with Crippen molar-refractivity contribution in [3.05, 3.63) is 0 Å². The Labute approximate surface area is 92.7 Å². The van der Waals surface area contributed by atoms with Gasteiger partial charge in [0.1, 0.15) is 6.23 Å². The molecule has 0 aromatic heterocycles. The topological polar surface area (TPSA) is 52.6 Å². The predicted molar refractivity (Wildman–Crippen MR) is 61.3 cm³/mol. The van der Waals surface area contributed by atoms with Gasteiger partial charge in [-0.25, -0.2) is 0 Å². The largest absolute Gasteiger partial charge is 0.378 e. The highest BCUT2D eigenvalue weighted by Crippen LogP contribution is 2.17. The van der Waals surface area contributed by atoms with E-state index >= 15 is 0 Å². The zero-order valence-electron chi connectivity index (χ0n) is 10.4. The summed E-state index contributed by atoms with van der Waals surface area (Å²) in [4.78, 5) is 13.4. The average Bonchev–Trinajstić information content (AvgIpc) is 2.13. The maximum Gasteiger partial charge on any atom is 0.227 e. The van der Waals surface area contributed by atoms with Crippen LogP contribution in [0.25, 0.3) is 0 Å². The summed E-state index contributed by atoms with van der Waals surface area (Å²) in [6.45, 7) is 6.59. The summed E-state index contributed by atoms with van der Waals surface area (Å²) in [5.41, 5.74) is 0. The number of carbonyl (C=O) groups excluding carboxylic acids is 1. The van der Waals surface area contributed by atoms with Crippen molar-refractivity contribution in [1.82, 2.24) is 10.2 Å². The highest BCUT2D eigenvalue weighted by atomic mass is 16.3. The molecule has 0 aromatic carbocycles. The van der Waals surface area contributed by atoms with Crippen molar-refractivity contribution in [2.24, 2.45) is 11.8 Å². The van der Waals surface area contributed by atoms with Gasteiger partial charge in [0.05, 0.1) is 5.92 Å². The molecular formula is C11H24N2O2. The van der Waals surface area contributed by atoms with E-state index in [1.807, 2.05) is 6.92 Å². The van der Waals surface area contributed by atoms with E-state index in [9.17, 15) is 9.90 Å². The smallest absolute Gasteiger partial charge is 0.227 e. The second-order valence-corrected chi connectivity index (χ2v) is 4.51. The van der Waals surface area contributed by atoms with Crippen molar-refractivity contribution in [2.75, 3.05) is 20.6 Å². The van der Waals surface area contributed by atoms with Crippen LogP contribution in [-0.4, -0.2) is 42.8 Å². The Morgan fingerprint density at radius 1 is 1.40 bits per heavy atom. The number of aliphatic hydroxyl groups excluding tert-OH is 1. The Hall–Kier alpha value is -0.610. The zero-order chi connectivity index (χ0) is 12.0. The van der Waals surface area contributed by atoms with E-state index in [0.717, 1.165) is 0 Å². The lowest BCUT2D eigenvalue weighted by Crippen LogP contribution is -2.44. The van der Waals surface area contributed by atoms with Crippen LogP contribution in [0.4, 0.5) is 0 Å². The number of nitrogens with zero attached hydrogens (tertiary/aromatic N) is 1. The summed E-state index contributed by atoms with van der Waals surface area (Å²) >= 11 is 0. The fourth-order valence-electron chi connectivity index (χ4n) is 1.54. The van der Waals surface area contributed by atoms with Gasteiger partial charge in [-0.1, -0.05) is 13.8 Å². The molecule has 0 heterocycles. The van der Waals surface area contributed by atoms with Crippen LogP contribution in [0.5, 0.6) is 0 Å². The van der Waals surface area contributed by atoms with E-state index in [2.05, 4.69) is 19.2 Å². The summed E-state index contributed by atoms with van der Waals surface area (Å²) in [5.74, 6) is -0.0143. The lowest BCUT2D eigenvalue weighted by molar-refractivity contribution is -0.134. The number of nitrogens with one attached hydrogen (secondary N) is 1. The van der Waals surface area contributed by atoms with Gasteiger partial charge in [-0.05, 0) is 33.4 Å². The first-order chi connectivity index (χ1) is 6.90. The molecule has 0 radical (unpaired) electrons. The van der Waals surface area contributed by atoms with Crippen LogP contribution in [-0.2, 0) is 4.79 Å². The molecule has 15 heavy (non-hydrogen) atoms. The van der Waals surface area contributed by atoms with E-state index in [1.54, 1.807) is 19.0 Å². The molecule has 4 nitrogen and oxygen atoms in total. The van der Waals surface area contributed by atoms with Crippen LogP contribution in [0.15, 0.2) is 0 Å². The lowest BCUT2D eigenvalue weighted by atomic mass is 9.94. The molecule has 0 fully saturated rings. The van der Waals surface area contributed by atoms with Gasteiger partial charge in [0.2, 0.25) is 5.91 Å². The van der Waals surface area contributed by atoms with E-state index in [4.69, 9.17) is 0 Å². The third-order valence-corrected chi connectivity index (χ3v) is 2.30. The second-order valence-electron chi connectivity index (χ2n) is 4.51. The van der Waals surface area contributed by atoms with Crippen LogP contribution in [0.1, 0.15) is 27.2 Å². The standard InChI is InChI=1S/C11H24N2O2/c1-6-12-10(14)9(7-8(2)3)11(15)13(4)5/h8-9,11,15H,6-7H2,1-5H3,(H,12,14). The minimum absolute atomic E-state index is 0.0626. The van der Waals surface area contributed by atoms with Gasteiger partial charge >= 0.3 is 0 Å². The molecule has 0 aliphatic rings. The molecule has 90 valence electrons. The molecule has 2 unspecified atom stereocenters. The fourth-order valence-corrected chi connectivity index (χ4v) is 1.54. The van der Waals surface area contributed by atoms with Gasteiger partial charge in [0, 0.05) is 6.54 Å². The third kappa shape index (κ3) is 5.14. The molecule has 0 bridgehead atoms. The number of rotatable bonds is 6. The first kappa shape index (κ1) is 14.4. The van der Waals surface area contributed by atoms with Gasteiger partial charge in [-0.3, -0.25) is 9.69 Å². The average molecular weight is 216 g/mol. The normalized spacial score (nSPS) is 15.5. The van der Waals surface area contributed by atoms with Gasteiger partial charge < -0.3 is 10.4 Å². The Kier molecular flexibility index (Phi) is 6.52. The number of amides is 1. The van der Waals surface area contributed by atoms with Crippen molar-refractivity contribution in [3.8, 4) is 0 Å². The van der Waals surface area contributed by atoms with Crippen LogP contribution in [0.3, 0.4) is 0 Å². The first-order valence-electron chi connectivity index (χ1n) is 5.52. The van der Waals surface area contributed by atoms with Crippen LogP contribution in [0, 0.1) is 11.8 Å². The second kappa shape index (κ2) is 6.80. The minimum Gasteiger partial charge on any atom is -0.378 e. The van der Waals surface area contributed by atoms with E-state index in [0.29, 0.717) is 18.9 Å². The van der Waals surface area contributed by atoms with Gasteiger partial charge in [-0.15, -0.1) is 0 Å². The third-order valence-electron chi connectivity index (χ3n) is 2.30. The Morgan fingerprint density at radius 2 is 1.93 bits per heavy atom. The van der Waals surface area contributed by atoms with Gasteiger partial charge in [-0.2, -0.15) is 0 Å². The molecule has 2 atom stereocenters. The number of aliphatic hydroxyl groups is 1. The molecule has 0 aromatic rings. The van der Waals surface area contributed by atoms with Crippen LogP contribution >= 0.6 is 0 Å². The van der Waals surface area contributed by atoms with E-state index in [-0.39, 0.29) is 11.8 Å². The molecule has 2 N–H and O–H groups in total. The maximum absolute atomic E-state index is 11.7. The SMILES string of the molecule is CCNC(=O)C(CC(C)C)C(O)N(C)C. The Bertz CT molecular complexity index is 193. The molecule has 4 heteroatoms. The van der Waals surface area contributed by atoms with Gasteiger partial charge in [0.25, 0.3) is 0 Å². The van der Waals surface area contributed by atoms with Crippen molar-refractivity contribution in [1.29, 1.82) is 0 Å². The molecule has 0 spiro atoms. The molecule has 0 saturated heterocycles. The number of hydrogen-bond acceptors (Lipinski definition) is 3.